The van der Waals surface area contributed by atoms with Gasteiger partial charge in [0.1, 0.15) is 11.4 Å². The number of rotatable bonds is 12. The molecule has 0 heterocycles. The van der Waals surface area contributed by atoms with Crippen LogP contribution >= 0.6 is 21.6 Å². The van der Waals surface area contributed by atoms with Crippen LogP contribution < -0.4 is 10.6 Å². The lowest BCUT2D eigenvalue weighted by Crippen LogP contribution is -2.33. The molecule has 0 spiro atoms. The normalized spacial score (nSPS) is 11.0. The van der Waals surface area contributed by atoms with Gasteiger partial charge in [0, 0.05) is 13.1 Å². The largest absolute Gasteiger partial charge is 0.481 e. The summed E-state index contributed by atoms with van der Waals surface area (Å²) in [4.78, 5) is 33.2. The minimum Gasteiger partial charge on any atom is -0.481 e. The number of amides is 2. The Labute approximate surface area is 151 Å². The van der Waals surface area contributed by atoms with Crippen LogP contribution in [0.2, 0.25) is 0 Å². The van der Waals surface area contributed by atoms with E-state index < -0.39 is 17.7 Å². The average Bonchev–Trinajstić information content (AvgIpc) is 2.44. The number of hydrogen-bond donors (Lipinski definition) is 3. The summed E-state index contributed by atoms with van der Waals surface area (Å²) in [5, 5.41) is 14.0. The van der Waals surface area contributed by atoms with Crippen LogP contribution in [0.25, 0.3) is 0 Å². The van der Waals surface area contributed by atoms with Crippen LogP contribution in [-0.4, -0.2) is 53.3 Å². The number of hydrogen-bond acceptors (Lipinski definition) is 6. The maximum Gasteiger partial charge on any atom is 0.407 e. The summed E-state index contributed by atoms with van der Waals surface area (Å²) in [5.41, 5.74) is -0.479. The van der Waals surface area contributed by atoms with E-state index in [4.69, 9.17) is 9.84 Å². The van der Waals surface area contributed by atoms with Crippen molar-refractivity contribution >= 4 is 39.6 Å². The van der Waals surface area contributed by atoms with Crippen LogP contribution in [0.4, 0.5) is 4.79 Å². The molecule has 24 heavy (non-hydrogen) atoms. The Hall–Kier alpha value is -1.09. The van der Waals surface area contributed by atoms with E-state index in [2.05, 4.69) is 10.6 Å². The zero-order valence-electron chi connectivity index (χ0n) is 14.6. The second-order valence-corrected chi connectivity index (χ2v) is 8.57. The van der Waals surface area contributed by atoms with Crippen molar-refractivity contribution in [1.82, 2.24) is 10.6 Å². The lowest BCUT2D eigenvalue weighted by atomic mass is 10.2. The number of unbranched alkanes of at least 4 members (excludes halogenated alkanes) is 3. The van der Waals surface area contributed by atoms with Crippen LogP contribution in [0.15, 0.2) is 0 Å². The molecule has 0 aliphatic heterocycles. The van der Waals surface area contributed by atoms with E-state index in [1.807, 2.05) is 20.8 Å². The van der Waals surface area contributed by atoms with Crippen LogP contribution in [0.5, 0.6) is 0 Å². The van der Waals surface area contributed by atoms with Gasteiger partial charge in [0.2, 0.25) is 5.91 Å². The predicted molar refractivity (Wildman–Crippen MR) is 98.3 cm³/mol. The number of alkyl carbamates (subject to hydrolysis) is 1. The highest BCUT2D eigenvalue weighted by Gasteiger charge is 2.15. The summed E-state index contributed by atoms with van der Waals surface area (Å²) in [7, 11) is 2.40. The third-order valence-electron chi connectivity index (χ3n) is 2.55. The van der Waals surface area contributed by atoms with E-state index in [1.165, 1.54) is 10.8 Å². The molecule has 3 N–H and O–H groups in total. The lowest BCUT2D eigenvalue weighted by molar-refractivity contribution is -0.133. The molecular weight excluding hydrogens is 352 g/mol. The summed E-state index contributed by atoms with van der Waals surface area (Å²) < 4.78 is 5.13. The van der Waals surface area contributed by atoms with Gasteiger partial charge in [-0.05, 0) is 33.6 Å². The van der Waals surface area contributed by atoms with Gasteiger partial charge < -0.3 is 20.5 Å². The highest BCUT2D eigenvalue weighted by molar-refractivity contribution is 8.77. The fourth-order valence-corrected chi connectivity index (χ4v) is 3.17. The quantitative estimate of drug-likeness (QED) is 0.353. The first-order valence-electron chi connectivity index (χ1n) is 7.90. The molecule has 0 aromatic rings. The smallest absolute Gasteiger partial charge is 0.407 e. The van der Waals surface area contributed by atoms with E-state index in [0.29, 0.717) is 13.1 Å². The molecule has 0 fully saturated rings. The number of nitrogens with one attached hydrogen (secondary N) is 2. The molecular formula is C15H28N2O5S2. The monoisotopic (exact) mass is 380 g/mol. The third-order valence-corrected chi connectivity index (χ3v) is 4.67. The van der Waals surface area contributed by atoms with Gasteiger partial charge in [-0.15, -0.1) is 0 Å². The summed E-state index contributed by atoms with van der Waals surface area (Å²) in [6, 6.07) is 0. The zero-order chi connectivity index (χ0) is 18.4. The molecule has 0 unspecified atom stereocenters. The molecule has 0 atom stereocenters. The van der Waals surface area contributed by atoms with Crippen LogP contribution in [0.3, 0.4) is 0 Å². The van der Waals surface area contributed by atoms with Crippen LogP contribution in [0, 0.1) is 0 Å². The maximum absolute atomic E-state index is 11.5. The number of aliphatic carboxylic acids is 1. The van der Waals surface area contributed by atoms with Crippen molar-refractivity contribution in [1.29, 1.82) is 0 Å². The number of carboxylic acids is 1. The Kier molecular flexibility index (Phi) is 12.6. The molecule has 0 aromatic heterocycles. The van der Waals surface area contributed by atoms with Crippen molar-refractivity contribution in [3.8, 4) is 0 Å². The Morgan fingerprint density at radius 2 is 1.46 bits per heavy atom. The molecule has 9 heteroatoms. The van der Waals surface area contributed by atoms with Gasteiger partial charge in [0.25, 0.3) is 0 Å². The standard InChI is InChI=1S/C15H28N2O5S2/c1-15(2,3)22-14(21)17-9-7-5-4-6-8-16-12(18)10-23-24-11-13(19)20/h4-11H2,1-3H3,(H,16,18)(H,17,21)(H,19,20). The van der Waals surface area contributed by atoms with Crippen molar-refractivity contribution in [3.63, 3.8) is 0 Å². The first-order valence-corrected chi connectivity index (χ1v) is 10.4. The average molecular weight is 381 g/mol. The second-order valence-electron chi connectivity index (χ2n) is 6.11. The second kappa shape index (κ2) is 13.2. The topological polar surface area (TPSA) is 105 Å². The van der Waals surface area contributed by atoms with Gasteiger partial charge in [-0.1, -0.05) is 34.4 Å². The Morgan fingerprint density at radius 1 is 0.917 bits per heavy atom. The van der Waals surface area contributed by atoms with Gasteiger partial charge in [-0.25, -0.2) is 4.79 Å². The van der Waals surface area contributed by atoms with Gasteiger partial charge >= 0.3 is 12.1 Å². The molecule has 0 aromatic carbocycles. The Morgan fingerprint density at radius 3 is 2.00 bits per heavy atom. The summed E-state index contributed by atoms with van der Waals surface area (Å²) >= 11 is 0. The van der Waals surface area contributed by atoms with Gasteiger partial charge in [0.15, 0.2) is 0 Å². The van der Waals surface area contributed by atoms with Gasteiger partial charge in [-0.2, -0.15) is 0 Å². The summed E-state index contributed by atoms with van der Waals surface area (Å²) in [6.45, 7) is 6.67. The van der Waals surface area contributed by atoms with E-state index >= 15 is 0 Å². The fourth-order valence-electron chi connectivity index (χ4n) is 1.57. The van der Waals surface area contributed by atoms with Crippen molar-refractivity contribution in [3.05, 3.63) is 0 Å². The van der Waals surface area contributed by atoms with E-state index in [-0.39, 0.29) is 17.4 Å². The molecule has 0 saturated heterocycles. The van der Waals surface area contributed by atoms with E-state index in [0.717, 1.165) is 36.5 Å². The highest BCUT2D eigenvalue weighted by atomic mass is 33.1. The van der Waals surface area contributed by atoms with E-state index in [9.17, 15) is 14.4 Å². The molecule has 0 radical (unpaired) electrons. The number of ether oxygens (including phenoxy) is 1. The molecule has 0 aliphatic carbocycles. The molecule has 0 rings (SSSR count). The third kappa shape index (κ3) is 17.3. The molecule has 0 aliphatic rings. The summed E-state index contributed by atoms with van der Waals surface area (Å²) in [6.07, 6.45) is 3.29. The number of carbonyl (C=O) groups is 3. The zero-order valence-corrected chi connectivity index (χ0v) is 16.2. The van der Waals surface area contributed by atoms with E-state index in [1.54, 1.807) is 0 Å². The number of carbonyl (C=O) groups excluding carboxylic acids is 2. The fraction of sp³-hybridized carbons (Fsp3) is 0.800. The highest BCUT2D eigenvalue weighted by Crippen LogP contribution is 2.19. The lowest BCUT2D eigenvalue weighted by Gasteiger charge is -2.19. The Balaban J connectivity index is 3.37. The Bertz CT molecular complexity index is 400. The van der Waals surface area contributed by atoms with Crippen molar-refractivity contribution in [2.45, 2.75) is 52.1 Å². The van der Waals surface area contributed by atoms with Crippen molar-refractivity contribution in [2.24, 2.45) is 0 Å². The van der Waals surface area contributed by atoms with Gasteiger partial charge in [0.05, 0.1) is 5.75 Å². The van der Waals surface area contributed by atoms with Crippen molar-refractivity contribution < 1.29 is 24.2 Å². The first kappa shape index (κ1) is 22.9. The minimum absolute atomic E-state index is 0.00468. The molecule has 0 saturated carbocycles. The molecule has 2 amide bonds. The minimum atomic E-state index is -0.880. The summed E-state index contributed by atoms with van der Waals surface area (Å²) in [5.74, 6) is -0.703. The molecule has 0 bridgehead atoms. The molecule has 7 nitrogen and oxygen atoms in total. The predicted octanol–water partition coefficient (Wildman–Crippen LogP) is 2.65. The van der Waals surface area contributed by atoms with Crippen molar-refractivity contribution in [2.75, 3.05) is 24.6 Å². The van der Waals surface area contributed by atoms with Crippen LogP contribution in [-0.2, 0) is 14.3 Å². The van der Waals surface area contributed by atoms with Crippen LogP contribution in [0.1, 0.15) is 46.5 Å². The SMILES string of the molecule is CC(C)(C)OC(=O)NCCCCCCNC(=O)CSSCC(=O)O. The maximum atomic E-state index is 11.5. The molecule has 140 valence electrons. The number of carboxylic acid groups (broad SMARTS) is 1. The first-order chi connectivity index (χ1) is 11.2. The van der Waals surface area contributed by atoms with Gasteiger partial charge in [-0.3, -0.25) is 9.59 Å².